The maximum atomic E-state index is 11.7. The van der Waals surface area contributed by atoms with Gasteiger partial charge in [-0.3, -0.25) is 0 Å². The number of anilines is 1. The summed E-state index contributed by atoms with van der Waals surface area (Å²) >= 11 is 3.36. The number of likely N-dealkylation sites (N-methyl/N-ethyl adjacent to an activating group) is 1. The van der Waals surface area contributed by atoms with E-state index in [9.17, 15) is 9.90 Å². The number of carbonyl (C=O) groups is 1. The van der Waals surface area contributed by atoms with Crippen molar-refractivity contribution in [2.45, 2.75) is 32.5 Å². The summed E-state index contributed by atoms with van der Waals surface area (Å²) in [4.78, 5) is 13.5. The van der Waals surface area contributed by atoms with Crippen molar-refractivity contribution in [1.29, 1.82) is 0 Å². The van der Waals surface area contributed by atoms with Crippen LogP contribution >= 0.6 is 15.9 Å². The van der Waals surface area contributed by atoms with Gasteiger partial charge in [0.05, 0.1) is 6.54 Å². The molecule has 0 bridgehead atoms. The van der Waals surface area contributed by atoms with Gasteiger partial charge in [0, 0.05) is 17.2 Å². The lowest BCUT2D eigenvalue weighted by Gasteiger charge is -2.25. The molecular formula is C14H20BrNO3. The first kappa shape index (κ1) is 16.0. The molecule has 0 fully saturated rings. The van der Waals surface area contributed by atoms with Gasteiger partial charge in [-0.25, -0.2) is 4.79 Å². The van der Waals surface area contributed by atoms with Crippen molar-refractivity contribution in [2.75, 3.05) is 18.5 Å². The van der Waals surface area contributed by atoms with Crippen LogP contribution in [0.4, 0.5) is 5.69 Å². The molecule has 0 radical (unpaired) electrons. The van der Waals surface area contributed by atoms with Crippen molar-refractivity contribution in [1.82, 2.24) is 0 Å². The maximum Gasteiger partial charge on any atom is 0.337 e. The van der Waals surface area contributed by atoms with Crippen molar-refractivity contribution in [3.63, 3.8) is 0 Å². The van der Waals surface area contributed by atoms with E-state index < -0.39 is 17.7 Å². The Bertz CT molecular complexity index is 425. The molecule has 0 saturated heterocycles. The molecule has 0 amide bonds. The molecule has 0 saturated carbocycles. The first-order valence-corrected chi connectivity index (χ1v) is 6.86. The van der Waals surface area contributed by atoms with Gasteiger partial charge in [0.1, 0.15) is 5.60 Å². The van der Waals surface area contributed by atoms with Gasteiger partial charge < -0.3 is 14.7 Å². The standard InChI is InChI=1S/C14H20BrNO3/c1-14(2,3)19-13(18)12(17)9-16(4)11-7-5-10(15)6-8-11/h5-8,12,17H,9H2,1-4H3. The molecule has 1 rings (SSSR count). The van der Waals surface area contributed by atoms with Crippen LogP contribution in [-0.4, -0.2) is 36.4 Å². The molecule has 1 aromatic rings. The number of benzene rings is 1. The number of aliphatic hydroxyl groups is 1. The fourth-order valence-corrected chi connectivity index (χ4v) is 1.77. The summed E-state index contributed by atoms with van der Waals surface area (Å²) in [5.74, 6) is -0.600. The number of halogens is 1. The largest absolute Gasteiger partial charge is 0.458 e. The molecule has 1 aromatic carbocycles. The van der Waals surface area contributed by atoms with Crippen LogP contribution in [0.5, 0.6) is 0 Å². The Kier molecular flexibility index (Phi) is 5.38. The molecule has 0 aromatic heterocycles. The Balaban J connectivity index is 2.59. The third-order valence-corrected chi connectivity index (χ3v) is 2.92. The fraction of sp³-hybridized carbons (Fsp3) is 0.500. The van der Waals surface area contributed by atoms with Crippen molar-refractivity contribution in [2.24, 2.45) is 0 Å². The molecule has 4 nitrogen and oxygen atoms in total. The van der Waals surface area contributed by atoms with Crippen LogP contribution < -0.4 is 4.90 Å². The van der Waals surface area contributed by atoms with E-state index in [-0.39, 0.29) is 6.54 Å². The van der Waals surface area contributed by atoms with Crippen LogP contribution in [0, 0.1) is 0 Å². The zero-order valence-electron chi connectivity index (χ0n) is 11.7. The Morgan fingerprint density at radius 3 is 2.37 bits per heavy atom. The molecular weight excluding hydrogens is 310 g/mol. The summed E-state index contributed by atoms with van der Waals surface area (Å²) < 4.78 is 6.12. The SMILES string of the molecule is CN(CC(O)C(=O)OC(C)(C)C)c1ccc(Br)cc1. The molecule has 1 unspecified atom stereocenters. The highest BCUT2D eigenvalue weighted by molar-refractivity contribution is 9.10. The first-order chi connectivity index (χ1) is 8.69. The van der Waals surface area contributed by atoms with Gasteiger partial charge in [-0.2, -0.15) is 0 Å². The lowest BCUT2D eigenvalue weighted by Crippen LogP contribution is -2.39. The second-order valence-electron chi connectivity index (χ2n) is 5.41. The minimum Gasteiger partial charge on any atom is -0.458 e. The normalized spacial score (nSPS) is 12.9. The average Bonchev–Trinajstić information content (AvgIpc) is 2.27. The number of nitrogens with zero attached hydrogens (tertiary/aromatic N) is 1. The third-order valence-electron chi connectivity index (χ3n) is 2.39. The zero-order valence-corrected chi connectivity index (χ0v) is 13.3. The molecule has 0 aliphatic carbocycles. The Morgan fingerprint density at radius 2 is 1.89 bits per heavy atom. The van der Waals surface area contributed by atoms with E-state index in [2.05, 4.69) is 15.9 Å². The Labute approximate surface area is 122 Å². The van der Waals surface area contributed by atoms with Gasteiger partial charge in [0.15, 0.2) is 6.10 Å². The van der Waals surface area contributed by atoms with E-state index in [0.717, 1.165) is 10.2 Å². The second-order valence-corrected chi connectivity index (χ2v) is 6.32. The van der Waals surface area contributed by atoms with Crippen LogP contribution in [0.2, 0.25) is 0 Å². The van der Waals surface area contributed by atoms with Crippen LogP contribution in [0.3, 0.4) is 0 Å². The van der Waals surface area contributed by atoms with Crippen LogP contribution in [0.15, 0.2) is 28.7 Å². The van der Waals surface area contributed by atoms with Crippen LogP contribution in [-0.2, 0) is 9.53 Å². The zero-order chi connectivity index (χ0) is 14.6. The fourth-order valence-electron chi connectivity index (χ4n) is 1.50. The van der Waals surface area contributed by atoms with Crippen LogP contribution in [0.25, 0.3) is 0 Å². The van der Waals surface area contributed by atoms with Gasteiger partial charge >= 0.3 is 5.97 Å². The van der Waals surface area contributed by atoms with Gasteiger partial charge in [0.25, 0.3) is 0 Å². The summed E-state index contributed by atoms with van der Waals surface area (Å²) in [5, 5.41) is 9.84. The predicted octanol–water partition coefficient (Wildman–Crippen LogP) is 2.59. The number of hydrogen-bond acceptors (Lipinski definition) is 4. The quantitative estimate of drug-likeness (QED) is 0.862. The predicted molar refractivity (Wildman–Crippen MR) is 79.3 cm³/mol. The molecule has 0 heterocycles. The minimum atomic E-state index is -1.16. The summed E-state index contributed by atoms with van der Waals surface area (Å²) in [7, 11) is 1.82. The smallest absolute Gasteiger partial charge is 0.337 e. The summed E-state index contributed by atoms with van der Waals surface area (Å²) in [6.07, 6.45) is -1.16. The highest BCUT2D eigenvalue weighted by atomic mass is 79.9. The molecule has 5 heteroatoms. The van der Waals surface area contributed by atoms with Crippen molar-refractivity contribution in [3.8, 4) is 0 Å². The van der Waals surface area contributed by atoms with Crippen molar-refractivity contribution < 1.29 is 14.6 Å². The van der Waals surface area contributed by atoms with E-state index in [4.69, 9.17) is 4.74 Å². The first-order valence-electron chi connectivity index (χ1n) is 6.06. The molecule has 0 aliphatic rings. The number of rotatable bonds is 4. The summed E-state index contributed by atoms with van der Waals surface area (Å²) in [5.41, 5.74) is 0.333. The lowest BCUT2D eigenvalue weighted by atomic mass is 10.2. The van der Waals surface area contributed by atoms with Crippen molar-refractivity contribution >= 4 is 27.6 Å². The number of hydrogen-bond donors (Lipinski definition) is 1. The Morgan fingerprint density at radius 1 is 1.37 bits per heavy atom. The number of esters is 1. The maximum absolute atomic E-state index is 11.7. The molecule has 1 N–H and O–H groups in total. The average molecular weight is 330 g/mol. The van der Waals surface area contributed by atoms with Crippen molar-refractivity contribution in [3.05, 3.63) is 28.7 Å². The van der Waals surface area contributed by atoms with Gasteiger partial charge in [-0.1, -0.05) is 15.9 Å². The molecule has 1 atom stereocenters. The topological polar surface area (TPSA) is 49.8 Å². The second kappa shape index (κ2) is 6.39. The minimum absolute atomic E-state index is 0.191. The Hall–Kier alpha value is -1.07. The highest BCUT2D eigenvalue weighted by Crippen LogP contribution is 2.18. The van der Waals surface area contributed by atoms with E-state index in [1.165, 1.54) is 0 Å². The highest BCUT2D eigenvalue weighted by Gasteiger charge is 2.24. The summed E-state index contributed by atoms with van der Waals surface area (Å²) in [6.45, 7) is 5.51. The van der Waals surface area contributed by atoms with E-state index >= 15 is 0 Å². The molecule has 0 spiro atoms. The third kappa shape index (κ3) is 5.61. The van der Waals surface area contributed by atoms with Gasteiger partial charge in [0.2, 0.25) is 0 Å². The monoisotopic (exact) mass is 329 g/mol. The summed E-state index contributed by atoms with van der Waals surface area (Å²) in [6, 6.07) is 7.63. The number of ether oxygens (including phenoxy) is 1. The lowest BCUT2D eigenvalue weighted by molar-refractivity contribution is -0.164. The van der Waals surface area contributed by atoms with Gasteiger partial charge in [-0.15, -0.1) is 0 Å². The number of carbonyl (C=O) groups excluding carboxylic acids is 1. The number of aliphatic hydroxyl groups excluding tert-OH is 1. The van der Waals surface area contributed by atoms with E-state index in [1.807, 2.05) is 31.3 Å². The molecule has 106 valence electrons. The van der Waals surface area contributed by atoms with Crippen LogP contribution in [0.1, 0.15) is 20.8 Å². The van der Waals surface area contributed by atoms with E-state index in [1.54, 1.807) is 25.7 Å². The van der Waals surface area contributed by atoms with Gasteiger partial charge in [-0.05, 0) is 45.0 Å². The van der Waals surface area contributed by atoms with E-state index in [0.29, 0.717) is 0 Å². The molecule has 19 heavy (non-hydrogen) atoms. The molecule has 0 aliphatic heterocycles.